The predicted octanol–water partition coefficient (Wildman–Crippen LogP) is 2.23. The van der Waals surface area contributed by atoms with Gasteiger partial charge in [0.1, 0.15) is 12.7 Å². The molecule has 8 heteroatoms. The van der Waals surface area contributed by atoms with Crippen LogP contribution in [0.1, 0.15) is 0 Å². The van der Waals surface area contributed by atoms with Crippen LogP contribution in [0.4, 0.5) is 22.0 Å². The number of hydrogen-bond donors (Lipinski definition) is 0. The highest BCUT2D eigenvalue weighted by Crippen LogP contribution is 2.28. The maximum absolute atomic E-state index is 13.3. The zero-order valence-corrected chi connectivity index (χ0v) is 7.89. The summed E-state index contributed by atoms with van der Waals surface area (Å²) < 4.78 is 65.0. The Hall–Kier alpha value is -2.12. The summed E-state index contributed by atoms with van der Waals surface area (Å²) in [6.07, 6.45) is 1.75. The minimum absolute atomic E-state index is 0.632. The van der Waals surface area contributed by atoms with E-state index in [9.17, 15) is 22.0 Å². The fraction of sp³-hybridized carbons (Fsp3) is 0. The zero-order chi connectivity index (χ0) is 12.6. The number of nitrogens with zero attached hydrogens (tertiary/aromatic N) is 3. The maximum Gasteiger partial charge on any atom is 0.200 e. The Bertz CT molecular complexity index is 544. The molecule has 0 amide bonds. The normalized spacial score (nSPS) is 10.6. The summed E-state index contributed by atoms with van der Waals surface area (Å²) in [7, 11) is 0. The topological polar surface area (TPSA) is 38.7 Å². The predicted molar refractivity (Wildman–Crippen MR) is 45.1 cm³/mol. The van der Waals surface area contributed by atoms with Gasteiger partial charge in [0.15, 0.2) is 29.1 Å². The Kier molecular flexibility index (Phi) is 2.70. The Morgan fingerprint density at radius 1 is 0.647 bits per heavy atom. The molecule has 0 aliphatic heterocycles. The lowest BCUT2D eigenvalue weighted by Gasteiger charge is -2.05. The molecule has 1 aromatic heterocycles. The molecule has 0 saturated carbocycles. The molecule has 2 aromatic rings. The van der Waals surface area contributed by atoms with E-state index in [1.54, 1.807) is 0 Å². The van der Waals surface area contributed by atoms with Gasteiger partial charge in [-0.2, -0.15) is 0 Å². The van der Waals surface area contributed by atoms with Crippen molar-refractivity contribution >= 4 is 0 Å². The fourth-order valence-electron chi connectivity index (χ4n) is 1.17. The van der Waals surface area contributed by atoms with E-state index in [4.69, 9.17) is 0 Å². The van der Waals surface area contributed by atoms with E-state index < -0.39 is 40.5 Å². The second-order valence-corrected chi connectivity index (χ2v) is 2.91. The minimum Gasteiger partial charge on any atom is -0.225 e. The Labute approximate surface area is 91.0 Å². The molecule has 0 aliphatic carbocycles. The molecular weight excluding hydrogens is 245 g/mol. The van der Waals surface area contributed by atoms with Gasteiger partial charge in [0.05, 0.1) is 5.56 Å². The van der Waals surface area contributed by atoms with Crippen LogP contribution < -0.4 is 0 Å². The van der Waals surface area contributed by atoms with Crippen molar-refractivity contribution < 1.29 is 22.0 Å². The molecule has 0 N–H and O–H groups in total. The highest BCUT2D eigenvalue weighted by molar-refractivity contribution is 5.56. The van der Waals surface area contributed by atoms with Gasteiger partial charge in [0.2, 0.25) is 5.82 Å². The molecule has 0 atom stereocenters. The Morgan fingerprint density at radius 3 is 1.53 bits per heavy atom. The van der Waals surface area contributed by atoms with Gasteiger partial charge in [-0.25, -0.2) is 36.9 Å². The third-order valence-electron chi connectivity index (χ3n) is 1.93. The number of halogens is 5. The summed E-state index contributed by atoms with van der Waals surface area (Å²) in [5.74, 6) is -10.9. The molecule has 1 aromatic carbocycles. The first kappa shape index (κ1) is 11.4. The third kappa shape index (κ3) is 1.71. The van der Waals surface area contributed by atoms with Gasteiger partial charge < -0.3 is 0 Å². The standard InChI is InChI=1S/C9H2F5N3/c10-4-3(9-16-1-15-2-17-9)5(11)7(13)8(14)6(4)12/h1-2H. The van der Waals surface area contributed by atoms with E-state index in [-0.39, 0.29) is 0 Å². The van der Waals surface area contributed by atoms with Crippen molar-refractivity contribution in [1.82, 2.24) is 15.0 Å². The van der Waals surface area contributed by atoms with E-state index in [0.717, 1.165) is 12.7 Å². The molecule has 0 spiro atoms. The van der Waals surface area contributed by atoms with Gasteiger partial charge in [-0.1, -0.05) is 0 Å². The number of benzene rings is 1. The van der Waals surface area contributed by atoms with Crippen LogP contribution in [0.2, 0.25) is 0 Å². The van der Waals surface area contributed by atoms with E-state index in [2.05, 4.69) is 15.0 Å². The van der Waals surface area contributed by atoms with Crippen molar-refractivity contribution in [2.75, 3.05) is 0 Å². The monoisotopic (exact) mass is 247 g/mol. The highest BCUT2D eigenvalue weighted by atomic mass is 19.2. The molecule has 3 nitrogen and oxygen atoms in total. The van der Waals surface area contributed by atoms with Crippen LogP contribution in [0.3, 0.4) is 0 Å². The zero-order valence-electron chi connectivity index (χ0n) is 7.89. The molecule has 0 radical (unpaired) electrons. The number of rotatable bonds is 1. The molecule has 0 fully saturated rings. The van der Waals surface area contributed by atoms with Gasteiger partial charge >= 0.3 is 0 Å². The van der Waals surface area contributed by atoms with Crippen molar-refractivity contribution in [3.63, 3.8) is 0 Å². The van der Waals surface area contributed by atoms with Gasteiger partial charge in [0.25, 0.3) is 0 Å². The van der Waals surface area contributed by atoms with Gasteiger partial charge in [-0.05, 0) is 0 Å². The van der Waals surface area contributed by atoms with E-state index in [1.807, 2.05) is 0 Å². The van der Waals surface area contributed by atoms with E-state index in [0.29, 0.717) is 0 Å². The van der Waals surface area contributed by atoms with Crippen LogP contribution in [-0.4, -0.2) is 15.0 Å². The van der Waals surface area contributed by atoms with Crippen molar-refractivity contribution in [1.29, 1.82) is 0 Å². The first-order chi connectivity index (χ1) is 8.04. The second-order valence-electron chi connectivity index (χ2n) is 2.91. The minimum atomic E-state index is -2.22. The fourth-order valence-corrected chi connectivity index (χ4v) is 1.17. The average Bonchev–Trinajstić information content (AvgIpc) is 2.36. The first-order valence-electron chi connectivity index (χ1n) is 4.17. The Morgan fingerprint density at radius 2 is 1.06 bits per heavy atom. The van der Waals surface area contributed by atoms with E-state index in [1.165, 1.54) is 0 Å². The Balaban J connectivity index is 2.80. The van der Waals surface area contributed by atoms with Crippen molar-refractivity contribution in [2.45, 2.75) is 0 Å². The summed E-state index contributed by atoms with van der Waals surface area (Å²) >= 11 is 0. The maximum atomic E-state index is 13.3. The second kappa shape index (κ2) is 4.04. The van der Waals surface area contributed by atoms with Crippen LogP contribution >= 0.6 is 0 Å². The van der Waals surface area contributed by atoms with Crippen LogP contribution in [0.25, 0.3) is 11.4 Å². The quantitative estimate of drug-likeness (QED) is 0.440. The summed E-state index contributed by atoms with van der Waals surface area (Å²) in [6, 6.07) is 0. The average molecular weight is 247 g/mol. The van der Waals surface area contributed by atoms with Crippen molar-refractivity contribution in [2.24, 2.45) is 0 Å². The lowest BCUT2D eigenvalue weighted by molar-refractivity contribution is 0.380. The largest absolute Gasteiger partial charge is 0.225 e. The number of aromatic nitrogens is 3. The van der Waals surface area contributed by atoms with Gasteiger partial charge in [0, 0.05) is 0 Å². The lowest BCUT2D eigenvalue weighted by Crippen LogP contribution is -2.05. The van der Waals surface area contributed by atoms with Crippen LogP contribution in [0.15, 0.2) is 12.7 Å². The molecular formula is C9H2F5N3. The molecule has 17 heavy (non-hydrogen) atoms. The van der Waals surface area contributed by atoms with Crippen molar-refractivity contribution in [3.8, 4) is 11.4 Å². The summed E-state index contributed by atoms with van der Waals surface area (Å²) in [6.45, 7) is 0. The molecule has 1 heterocycles. The third-order valence-corrected chi connectivity index (χ3v) is 1.93. The SMILES string of the molecule is Fc1c(F)c(F)c(-c2ncncn2)c(F)c1F. The summed E-state index contributed by atoms with van der Waals surface area (Å²) in [5.41, 5.74) is -1.18. The van der Waals surface area contributed by atoms with E-state index >= 15 is 0 Å². The summed E-state index contributed by atoms with van der Waals surface area (Å²) in [4.78, 5) is 10.0. The van der Waals surface area contributed by atoms with Gasteiger partial charge in [-0.3, -0.25) is 0 Å². The molecule has 0 unspecified atom stereocenters. The molecule has 0 saturated heterocycles. The molecule has 2 rings (SSSR count). The van der Waals surface area contributed by atoms with Gasteiger partial charge in [-0.15, -0.1) is 0 Å². The highest BCUT2D eigenvalue weighted by Gasteiger charge is 2.27. The van der Waals surface area contributed by atoms with Crippen LogP contribution in [-0.2, 0) is 0 Å². The number of hydrogen-bond acceptors (Lipinski definition) is 3. The first-order valence-corrected chi connectivity index (χ1v) is 4.17. The lowest BCUT2D eigenvalue weighted by atomic mass is 10.1. The molecule has 0 bridgehead atoms. The van der Waals surface area contributed by atoms with Crippen LogP contribution in [0.5, 0.6) is 0 Å². The summed E-state index contributed by atoms with van der Waals surface area (Å²) in [5, 5.41) is 0. The molecule has 0 aliphatic rings. The van der Waals surface area contributed by atoms with Crippen LogP contribution in [0, 0.1) is 29.1 Å². The van der Waals surface area contributed by atoms with Crippen molar-refractivity contribution in [3.05, 3.63) is 41.7 Å². The smallest absolute Gasteiger partial charge is 0.200 e. The molecule has 88 valence electrons.